The maximum absolute atomic E-state index is 12.9. The van der Waals surface area contributed by atoms with Crippen molar-refractivity contribution < 1.29 is 14.3 Å². The zero-order chi connectivity index (χ0) is 20.5. The molecule has 0 unspecified atom stereocenters. The van der Waals surface area contributed by atoms with Crippen LogP contribution < -0.4 is 0 Å². The molecule has 4 fully saturated rings. The van der Waals surface area contributed by atoms with Crippen molar-refractivity contribution in [2.75, 3.05) is 6.61 Å². The molecule has 0 spiro atoms. The summed E-state index contributed by atoms with van der Waals surface area (Å²) >= 11 is 6.92. The fraction of sp³-hybridized carbons (Fsp3) is 0.833. The summed E-state index contributed by atoms with van der Waals surface area (Å²) in [5, 5.41) is 0. The number of carbonyl (C=O) groups is 2. The molecule has 0 aromatic carbocycles. The van der Waals surface area contributed by atoms with Crippen LogP contribution in [0.2, 0.25) is 0 Å². The first-order valence-electron chi connectivity index (χ1n) is 11.1. The summed E-state index contributed by atoms with van der Waals surface area (Å²) in [5.41, 5.74) is 1.81. The lowest BCUT2D eigenvalue weighted by molar-refractivity contribution is -0.180. The Hall–Kier alpha value is -0.830. The number of allylic oxidation sites excluding steroid dienone is 1. The van der Waals surface area contributed by atoms with E-state index < -0.39 is 10.8 Å². The highest BCUT2D eigenvalue weighted by Crippen LogP contribution is 2.73. The zero-order valence-electron chi connectivity index (χ0n) is 17.9. The first-order valence-corrected chi connectivity index (χ1v) is 11.5. The van der Waals surface area contributed by atoms with Crippen molar-refractivity contribution >= 4 is 23.4 Å². The number of halogens is 1. The highest BCUT2D eigenvalue weighted by atomic mass is 35.5. The Morgan fingerprint density at radius 2 is 1.68 bits per heavy atom. The standard InChI is InChI=1S/C24H35ClO3/c1-6-28-20(27)24(25)18-10-13-22(4)16-8-7-15(2)21(16,3)12-9-17(22)23(18,5)14-11-19(24)26/h16-18H,2,6-14H2,1,3-5H3/t16-,17+,18-,21+,22+,23-,24+/m1/s1. The average Bonchev–Trinajstić information content (AvgIpc) is 2.94. The van der Waals surface area contributed by atoms with Gasteiger partial charge in [-0.1, -0.05) is 44.5 Å². The fourth-order valence-electron chi connectivity index (χ4n) is 8.31. The van der Waals surface area contributed by atoms with Crippen molar-refractivity contribution in [3.63, 3.8) is 0 Å². The van der Waals surface area contributed by atoms with Gasteiger partial charge in [0.05, 0.1) is 6.61 Å². The van der Waals surface area contributed by atoms with Gasteiger partial charge >= 0.3 is 5.97 Å². The van der Waals surface area contributed by atoms with Gasteiger partial charge in [0.15, 0.2) is 5.78 Å². The Kier molecular flexibility index (Phi) is 4.62. The summed E-state index contributed by atoms with van der Waals surface area (Å²) in [4.78, 5) is 24.3. The molecule has 0 amide bonds. The lowest BCUT2D eigenvalue weighted by Crippen LogP contribution is -2.65. The number of rotatable bonds is 2. The van der Waals surface area contributed by atoms with E-state index in [2.05, 4.69) is 27.4 Å². The molecule has 28 heavy (non-hydrogen) atoms. The molecule has 156 valence electrons. The Morgan fingerprint density at radius 1 is 1.04 bits per heavy atom. The SMILES string of the molecule is C=C1CC[C@H]2[C@]3(C)CC[C@H]4[C@@](Cl)(C(=O)OCC)C(=O)CC[C@]4(C)[C@H]3CC[C@@]12C. The molecule has 0 radical (unpaired) electrons. The van der Waals surface area contributed by atoms with Gasteiger partial charge in [0.2, 0.25) is 4.87 Å². The molecular formula is C24H35ClO3. The number of esters is 1. The van der Waals surface area contributed by atoms with E-state index in [1.807, 2.05) is 0 Å². The number of fused-ring (bicyclic) bond motifs is 5. The van der Waals surface area contributed by atoms with Crippen molar-refractivity contribution in [2.24, 2.45) is 34.0 Å². The number of alkyl halides is 1. The molecule has 4 saturated carbocycles. The number of carbonyl (C=O) groups excluding carboxylic acids is 2. The Labute approximate surface area is 174 Å². The predicted octanol–water partition coefficient (Wildman–Crippen LogP) is 5.70. The summed E-state index contributed by atoms with van der Waals surface area (Å²) in [7, 11) is 0. The monoisotopic (exact) mass is 406 g/mol. The highest BCUT2D eigenvalue weighted by Gasteiger charge is 2.69. The van der Waals surface area contributed by atoms with Crippen molar-refractivity contribution in [2.45, 2.75) is 83.9 Å². The number of Topliss-reactive ketones (excluding diaryl/α,β-unsaturated/α-hetero) is 1. The van der Waals surface area contributed by atoms with Crippen LogP contribution in [0.25, 0.3) is 0 Å². The van der Waals surface area contributed by atoms with Crippen LogP contribution in [0.5, 0.6) is 0 Å². The van der Waals surface area contributed by atoms with Gasteiger partial charge in [-0.3, -0.25) is 4.79 Å². The predicted molar refractivity (Wildman–Crippen MR) is 111 cm³/mol. The number of hydrogen-bond acceptors (Lipinski definition) is 3. The summed E-state index contributed by atoms with van der Waals surface area (Å²) in [6.07, 6.45) is 7.77. The molecule has 0 N–H and O–H groups in total. The smallest absolute Gasteiger partial charge is 0.335 e. The topological polar surface area (TPSA) is 43.4 Å². The second-order valence-electron chi connectivity index (χ2n) is 10.7. The second-order valence-corrected chi connectivity index (χ2v) is 11.3. The van der Waals surface area contributed by atoms with Crippen LogP contribution in [0.15, 0.2) is 12.2 Å². The molecule has 0 aromatic heterocycles. The molecular weight excluding hydrogens is 372 g/mol. The summed E-state index contributed by atoms with van der Waals surface area (Å²) in [5.74, 6) is 0.357. The average molecular weight is 407 g/mol. The van der Waals surface area contributed by atoms with Gasteiger partial charge in [-0.15, -0.1) is 0 Å². The zero-order valence-corrected chi connectivity index (χ0v) is 18.7. The normalized spacial score (nSPS) is 50.5. The molecule has 0 bridgehead atoms. The van der Waals surface area contributed by atoms with E-state index in [9.17, 15) is 9.59 Å². The first-order chi connectivity index (χ1) is 13.0. The third-order valence-electron chi connectivity index (χ3n) is 9.77. The van der Waals surface area contributed by atoms with E-state index in [1.54, 1.807) is 6.92 Å². The van der Waals surface area contributed by atoms with E-state index in [1.165, 1.54) is 18.4 Å². The number of ketones is 1. The lowest BCUT2D eigenvalue weighted by atomic mass is 9.38. The van der Waals surface area contributed by atoms with Crippen LogP contribution in [0.3, 0.4) is 0 Å². The minimum Gasteiger partial charge on any atom is -0.464 e. The molecule has 4 aliphatic rings. The van der Waals surface area contributed by atoms with Crippen LogP contribution in [0, 0.1) is 34.0 Å². The minimum absolute atomic E-state index is 0.0966. The van der Waals surface area contributed by atoms with E-state index in [0.29, 0.717) is 18.3 Å². The fourth-order valence-corrected chi connectivity index (χ4v) is 8.81. The first kappa shape index (κ1) is 20.4. The van der Waals surface area contributed by atoms with Gasteiger partial charge in [0.25, 0.3) is 0 Å². The number of ether oxygens (including phenoxy) is 1. The van der Waals surface area contributed by atoms with Gasteiger partial charge in [-0.05, 0) is 80.0 Å². The summed E-state index contributed by atoms with van der Waals surface area (Å²) < 4.78 is 5.31. The van der Waals surface area contributed by atoms with Crippen molar-refractivity contribution in [3.8, 4) is 0 Å². The Bertz CT molecular complexity index is 731. The van der Waals surface area contributed by atoms with Gasteiger partial charge in [-0.25, -0.2) is 4.79 Å². The van der Waals surface area contributed by atoms with Crippen LogP contribution in [0.4, 0.5) is 0 Å². The Balaban J connectivity index is 1.74. The molecule has 4 rings (SSSR count). The maximum atomic E-state index is 12.9. The van der Waals surface area contributed by atoms with Gasteiger partial charge in [0, 0.05) is 12.3 Å². The lowest BCUT2D eigenvalue weighted by Gasteiger charge is -2.66. The molecule has 0 aromatic rings. The molecule has 0 heterocycles. The van der Waals surface area contributed by atoms with E-state index in [-0.39, 0.29) is 34.6 Å². The van der Waals surface area contributed by atoms with Crippen molar-refractivity contribution in [1.29, 1.82) is 0 Å². The quantitative estimate of drug-likeness (QED) is 0.256. The van der Waals surface area contributed by atoms with Crippen LogP contribution >= 0.6 is 11.6 Å². The minimum atomic E-state index is -1.50. The molecule has 0 saturated heterocycles. The molecule has 4 aliphatic carbocycles. The van der Waals surface area contributed by atoms with E-state index in [0.717, 1.165) is 32.1 Å². The molecule has 0 aliphatic heterocycles. The van der Waals surface area contributed by atoms with Crippen molar-refractivity contribution in [3.05, 3.63) is 12.2 Å². The van der Waals surface area contributed by atoms with E-state index in [4.69, 9.17) is 16.3 Å². The van der Waals surface area contributed by atoms with E-state index >= 15 is 0 Å². The summed E-state index contributed by atoms with van der Waals surface area (Å²) in [6, 6.07) is 0. The third kappa shape index (κ3) is 2.35. The van der Waals surface area contributed by atoms with Crippen LogP contribution in [0.1, 0.15) is 79.1 Å². The second kappa shape index (κ2) is 6.33. The molecule has 4 heteroatoms. The third-order valence-corrected chi connectivity index (χ3v) is 10.4. The number of hydrogen-bond donors (Lipinski definition) is 0. The van der Waals surface area contributed by atoms with Crippen LogP contribution in [-0.4, -0.2) is 23.2 Å². The highest BCUT2D eigenvalue weighted by molar-refractivity contribution is 6.46. The molecule has 7 atom stereocenters. The Morgan fingerprint density at radius 3 is 2.36 bits per heavy atom. The maximum Gasteiger partial charge on any atom is 0.335 e. The van der Waals surface area contributed by atoms with Gasteiger partial charge < -0.3 is 4.74 Å². The van der Waals surface area contributed by atoms with Crippen molar-refractivity contribution in [1.82, 2.24) is 0 Å². The largest absolute Gasteiger partial charge is 0.464 e. The van der Waals surface area contributed by atoms with Crippen LogP contribution in [-0.2, 0) is 14.3 Å². The summed E-state index contributed by atoms with van der Waals surface area (Å²) in [6.45, 7) is 13.7. The van der Waals surface area contributed by atoms with Gasteiger partial charge in [-0.2, -0.15) is 0 Å². The van der Waals surface area contributed by atoms with Gasteiger partial charge in [0.1, 0.15) is 0 Å². The molecule has 3 nitrogen and oxygen atoms in total.